The molecule has 2 amide bonds. The minimum Gasteiger partial charge on any atom is -0.374 e. The molecule has 2 saturated heterocycles. The number of aliphatic imine (C=N–C) groups is 3. The average molecular weight is 412 g/mol. The largest absolute Gasteiger partial charge is 0.374 e. The quantitative estimate of drug-likeness (QED) is 0.755. The van der Waals surface area contributed by atoms with Crippen LogP contribution in [0.2, 0.25) is 0 Å². The number of amides is 2. The van der Waals surface area contributed by atoms with E-state index in [-0.39, 0.29) is 24.0 Å². The van der Waals surface area contributed by atoms with E-state index in [0.29, 0.717) is 29.6 Å². The van der Waals surface area contributed by atoms with Crippen molar-refractivity contribution < 1.29 is 14.3 Å². The first-order valence-corrected chi connectivity index (χ1v) is 10.7. The maximum atomic E-state index is 12.0. The third kappa shape index (κ3) is 4.65. The van der Waals surface area contributed by atoms with Crippen LogP contribution in [0.3, 0.4) is 0 Å². The van der Waals surface area contributed by atoms with Gasteiger partial charge in [-0.2, -0.15) is 0 Å². The SMILES string of the molecule is CC(=O)N1CCC(CO[C@@H]2CNCC[C@H]2N=C2N=CC=C3C=C(C)C(=O)N=C32)CC1. The number of fused-ring (bicyclic) bond motifs is 1. The second-order valence-corrected chi connectivity index (χ2v) is 8.33. The zero-order chi connectivity index (χ0) is 21.1. The summed E-state index contributed by atoms with van der Waals surface area (Å²) in [5.74, 6) is 0.894. The van der Waals surface area contributed by atoms with E-state index >= 15 is 0 Å². The molecule has 4 aliphatic heterocycles. The smallest absolute Gasteiger partial charge is 0.273 e. The Balaban J connectivity index is 1.40. The lowest BCUT2D eigenvalue weighted by molar-refractivity contribution is -0.130. The van der Waals surface area contributed by atoms with Crippen LogP contribution in [0.5, 0.6) is 0 Å². The van der Waals surface area contributed by atoms with Crippen LogP contribution in [0.1, 0.15) is 33.1 Å². The molecule has 0 radical (unpaired) electrons. The van der Waals surface area contributed by atoms with Gasteiger partial charge in [0.1, 0.15) is 5.71 Å². The number of nitrogens with zero attached hydrogens (tertiary/aromatic N) is 4. The number of rotatable bonds is 4. The van der Waals surface area contributed by atoms with Crippen LogP contribution in [-0.2, 0) is 14.3 Å². The van der Waals surface area contributed by atoms with Gasteiger partial charge in [-0.3, -0.25) is 14.6 Å². The lowest BCUT2D eigenvalue weighted by atomic mass is 9.97. The Bertz CT molecular complexity index is 862. The predicted molar refractivity (Wildman–Crippen MR) is 116 cm³/mol. The molecule has 0 saturated carbocycles. The van der Waals surface area contributed by atoms with E-state index in [0.717, 1.165) is 51.0 Å². The van der Waals surface area contributed by atoms with Crippen molar-refractivity contribution in [3.05, 3.63) is 23.3 Å². The van der Waals surface area contributed by atoms with Gasteiger partial charge < -0.3 is 15.0 Å². The monoisotopic (exact) mass is 411 g/mol. The fourth-order valence-electron chi connectivity index (χ4n) is 4.23. The van der Waals surface area contributed by atoms with Crippen LogP contribution in [0.4, 0.5) is 0 Å². The number of hydrogen-bond acceptors (Lipinski definition) is 5. The normalized spacial score (nSPS) is 28.7. The van der Waals surface area contributed by atoms with Crippen molar-refractivity contribution in [2.24, 2.45) is 20.9 Å². The van der Waals surface area contributed by atoms with Crippen molar-refractivity contribution in [2.45, 2.75) is 45.3 Å². The molecule has 1 N–H and O–H groups in total. The van der Waals surface area contributed by atoms with Crippen LogP contribution in [0, 0.1) is 5.92 Å². The highest BCUT2D eigenvalue weighted by Crippen LogP contribution is 2.22. The van der Waals surface area contributed by atoms with Gasteiger partial charge in [-0.15, -0.1) is 0 Å². The van der Waals surface area contributed by atoms with E-state index in [1.54, 1.807) is 20.1 Å². The van der Waals surface area contributed by atoms with Gasteiger partial charge in [-0.1, -0.05) is 0 Å². The molecule has 2 atom stereocenters. The zero-order valence-electron chi connectivity index (χ0n) is 17.6. The summed E-state index contributed by atoms with van der Waals surface area (Å²) in [4.78, 5) is 38.9. The summed E-state index contributed by atoms with van der Waals surface area (Å²) in [6.07, 6.45) is 8.17. The Labute approximate surface area is 176 Å². The number of ether oxygens (including phenoxy) is 1. The zero-order valence-corrected chi connectivity index (χ0v) is 17.6. The number of carbonyl (C=O) groups excluding carboxylic acids is 2. The van der Waals surface area contributed by atoms with Crippen LogP contribution >= 0.6 is 0 Å². The number of hydrogen-bond donors (Lipinski definition) is 1. The number of carbonyl (C=O) groups is 2. The Morgan fingerprint density at radius 1 is 1.33 bits per heavy atom. The van der Waals surface area contributed by atoms with Crippen LogP contribution in [0.15, 0.2) is 38.3 Å². The van der Waals surface area contributed by atoms with Gasteiger partial charge in [0.25, 0.3) is 5.91 Å². The number of piperidine rings is 2. The third-order valence-corrected chi connectivity index (χ3v) is 6.14. The van der Waals surface area contributed by atoms with Gasteiger partial charge in [0.15, 0.2) is 5.84 Å². The number of amidine groups is 1. The molecule has 0 unspecified atom stereocenters. The van der Waals surface area contributed by atoms with E-state index in [1.807, 2.05) is 17.1 Å². The van der Waals surface area contributed by atoms with E-state index in [4.69, 9.17) is 9.73 Å². The van der Waals surface area contributed by atoms with Gasteiger partial charge in [-0.25, -0.2) is 9.98 Å². The van der Waals surface area contributed by atoms with Crippen molar-refractivity contribution in [1.29, 1.82) is 0 Å². The van der Waals surface area contributed by atoms with Crippen LogP contribution in [-0.4, -0.2) is 79.4 Å². The first kappa shape index (κ1) is 20.8. The molecule has 0 aliphatic carbocycles. The number of allylic oxidation sites excluding steroid dienone is 2. The van der Waals surface area contributed by atoms with E-state index in [9.17, 15) is 9.59 Å². The Hall–Kier alpha value is -2.45. The molecule has 4 heterocycles. The molecule has 8 nitrogen and oxygen atoms in total. The van der Waals surface area contributed by atoms with E-state index < -0.39 is 0 Å². The molecule has 4 aliphatic rings. The van der Waals surface area contributed by atoms with Crippen molar-refractivity contribution >= 4 is 29.6 Å². The Morgan fingerprint density at radius 2 is 2.13 bits per heavy atom. The molecule has 2 fully saturated rings. The van der Waals surface area contributed by atoms with Crippen molar-refractivity contribution in [2.75, 3.05) is 32.8 Å². The summed E-state index contributed by atoms with van der Waals surface area (Å²) >= 11 is 0. The summed E-state index contributed by atoms with van der Waals surface area (Å²) in [6, 6.07) is -0.0279. The molecule has 8 heteroatoms. The predicted octanol–water partition coefficient (Wildman–Crippen LogP) is 1.33. The topological polar surface area (TPSA) is 95.7 Å². The molecule has 4 rings (SSSR count). The standard InChI is InChI=1S/C22H29N5O3/c1-14-11-17-3-8-24-21(20(17)26-22(14)29)25-18-4-7-23-12-19(18)30-13-16-5-9-27(10-6-16)15(2)28/h3,8,11,16,18-19,23H,4-7,9-10,12-13H2,1-2H3/t18-,19-/m1/s1. The molecule has 0 aromatic rings. The van der Waals surface area contributed by atoms with Crippen LogP contribution in [0.25, 0.3) is 0 Å². The minimum absolute atomic E-state index is 0.0279. The maximum absolute atomic E-state index is 12.0. The van der Waals surface area contributed by atoms with Crippen molar-refractivity contribution in [3.8, 4) is 0 Å². The highest BCUT2D eigenvalue weighted by molar-refractivity contribution is 6.53. The first-order valence-electron chi connectivity index (χ1n) is 10.7. The minimum atomic E-state index is -0.234. The molecule has 0 spiro atoms. The average Bonchev–Trinajstić information content (AvgIpc) is 2.75. The molecule has 0 aromatic heterocycles. The number of dihydropyridines is 2. The molecule has 160 valence electrons. The molecular formula is C22H29N5O3. The number of likely N-dealkylation sites (tertiary alicyclic amines) is 1. The summed E-state index contributed by atoms with van der Waals surface area (Å²) in [6.45, 7) is 7.30. The van der Waals surface area contributed by atoms with Crippen LogP contribution < -0.4 is 5.32 Å². The summed E-state index contributed by atoms with van der Waals surface area (Å²) in [5.41, 5.74) is 2.06. The second kappa shape index (κ2) is 9.14. The van der Waals surface area contributed by atoms with Gasteiger partial charge in [-0.05, 0) is 50.8 Å². The number of nitrogens with one attached hydrogen (secondary N) is 1. The van der Waals surface area contributed by atoms with Crippen molar-refractivity contribution in [1.82, 2.24) is 10.2 Å². The summed E-state index contributed by atoms with van der Waals surface area (Å²) in [7, 11) is 0. The van der Waals surface area contributed by atoms with Gasteiger partial charge in [0.2, 0.25) is 5.91 Å². The summed E-state index contributed by atoms with van der Waals surface area (Å²) < 4.78 is 6.29. The second-order valence-electron chi connectivity index (χ2n) is 8.33. The third-order valence-electron chi connectivity index (χ3n) is 6.14. The van der Waals surface area contributed by atoms with Gasteiger partial charge in [0.05, 0.1) is 18.8 Å². The summed E-state index contributed by atoms with van der Waals surface area (Å²) in [5, 5.41) is 3.39. The molecule has 0 aromatic carbocycles. The Kier molecular flexibility index (Phi) is 6.34. The molecular weight excluding hydrogens is 382 g/mol. The van der Waals surface area contributed by atoms with Gasteiger partial charge >= 0.3 is 0 Å². The molecule has 0 bridgehead atoms. The fraction of sp³-hybridized carbons (Fsp3) is 0.591. The highest BCUT2D eigenvalue weighted by Gasteiger charge is 2.30. The Morgan fingerprint density at radius 3 is 2.90 bits per heavy atom. The first-order chi connectivity index (χ1) is 14.5. The van der Waals surface area contributed by atoms with E-state index in [1.165, 1.54) is 0 Å². The molecule has 30 heavy (non-hydrogen) atoms. The van der Waals surface area contributed by atoms with Crippen molar-refractivity contribution in [3.63, 3.8) is 0 Å². The van der Waals surface area contributed by atoms with E-state index in [2.05, 4.69) is 15.3 Å². The maximum Gasteiger partial charge on any atom is 0.273 e. The van der Waals surface area contributed by atoms with Gasteiger partial charge in [0, 0.05) is 43.9 Å². The fourth-order valence-corrected chi connectivity index (χ4v) is 4.23. The lowest BCUT2D eigenvalue weighted by Gasteiger charge is -2.34. The lowest BCUT2D eigenvalue weighted by Crippen LogP contribution is -2.46. The highest BCUT2D eigenvalue weighted by atomic mass is 16.5.